The fraction of sp³-hybridized carbons (Fsp3) is 0.208. The first-order chi connectivity index (χ1) is 16.2. The Morgan fingerprint density at radius 3 is 1.97 bits per heavy atom. The first-order valence-corrected chi connectivity index (χ1v) is 11.7. The summed E-state index contributed by atoms with van der Waals surface area (Å²) < 4.78 is 49.3. The fourth-order valence-corrected chi connectivity index (χ4v) is 4.03. The highest BCUT2D eigenvalue weighted by molar-refractivity contribution is 7.92. The first kappa shape index (κ1) is 24.7. The third kappa shape index (κ3) is 6.10. The molecule has 10 heteroatoms. The van der Waals surface area contributed by atoms with Gasteiger partial charge in [0.15, 0.2) is 6.10 Å². The molecule has 0 aliphatic carbocycles. The van der Waals surface area contributed by atoms with Crippen molar-refractivity contribution in [3.05, 3.63) is 66.7 Å². The lowest BCUT2D eigenvalue weighted by molar-refractivity contribution is -0.122. The molecule has 0 spiro atoms. The maximum absolute atomic E-state index is 12.8. The number of rotatable bonds is 10. The van der Waals surface area contributed by atoms with Crippen LogP contribution in [-0.4, -0.2) is 41.8 Å². The maximum Gasteiger partial charge on any atom is 0.265 e. The molecule has 0 fully saturated rings. The molecular weight excluding hydrogens is 460 g/mol. The summed E-state index contributed by atoms with van der Waals surface area (Å²) >= 11 is 0. The van der Waals surface area contributed by atoms with Crippen LogP contribution in [0, 0.1) is 0 Å². The van der Waals surface area contributed by atoms with E-state index in [9.17, 15) is 13.2 Å². The highest BCUT2D eigenvalue weighted by Crippen LogP contribution is 2.31. The highest BCUT2D eigenvalue weighted by atomic mass is 32.2. The molecule has 0 aliphatic heterocycles. The number of hydrogen-bond donors (Lipinski definition) is 2. The molecule has 180 valence electrons. The van der Waals surface area contributed by atoms with Crippen LogP contribution in [0.15, 0.2) is 71.6 Å². The fourth-order valence-electron chi connectivity index (χ4n) is 2.97. The molecule has 0 radical (unpaired) electrons. The lowest BCUT2D eigenvalue weighted by Crippen LogP contribution is -2.30. The van der Waals surface area contributed by atoms with Gasteiger partial charge in [0.05, 0.1) is 31.9 Å². The van der Waals surface area contributed by atoms with Crippen LogP contribution in [-0.2, 0) is 14.8 Å². The number of nitrogens with one attached hydrogen (secondary N) is 2. The van der Waals surface area contributed by atoms with Gasteiger partial charge in [0.2, 0.25) is 0 Å². The monoisotopic (exact) mass is 486 g/mol. The van der Waals surface area contributed by atoms with Gasteiger partial charge in [0.25, 0.3) is 15.9 Å². The summed E-state index contributed by atoms with van der Waals surface area (Å²) in [5.41, 5.74) is 0.664. The third-order valence-electron chi connectivity index (χ3n) is 4.82. The van der Waals surface area contributed by atoms with Crippen LogP contribution >= 0.6 is 0 Å². The van der Waals surface area contributed by atoms with Crippen molar-refractivity contribution in [3.63, 3.8) is 0 Å². The Labute approximate surface area is 198 Å². The van der Waals surface area contributed by atoms with Gasteiger partial charge in [-0.3, -0.25) is 9.52 Å². The summed E-state index contributed by atoms with van der Waals surface area (Å²) in [7, 11) is 0.575. The number of carbonyl (C=O) groups is 1. The van der Waals surface area contributed by atoms with E-state index in [0.29, 0.717) is 28.7 Å². The van der Waals surface area contributed by atoms with Crippen LogP contribution in [0.5, 0.6) is 23.0 Å². The summed E-state index contributed by atoms with van der Waals surface area (Å²) in [6.45, 7) is 1.61. The zero-order valence-electron chi connectivity index (χ0n) is 19.2. The number of benzene rings is 3. The van der Waals surface area contributed by atoms with Crippen LogP contribution in [0.2, 0.25) is 0 Å². The molecule has 2 N–H and O–H groups in total. The molecule has 3 rings (SSSR count). The Morgan fingerprint density at radius 1 is 0.794 bits per heavy atom. The van der Waals surface area contributed by atoms with Crippen LogP contribution in [0.25, 0.3) is 0 Å². The summed E-state index contributed by atoms with van der Waals surface area (Å²) in [6, 6.07) is 17.4. The number of anilines is 2. The second kappa shape index (κ2) is 10.8. The minimum Gasteiger partial charge on any atom is -0.497 e. The summed E-state index contributed by atoms with van der Waals surface area (Å²) in [5, 5.41) is 2.71. The van der Waals surface area contributed by atoms with Gasteiger partial charge in [-0.1, -0.05) is 0 Å². The number of methoxy groups -OCH3 is 3. The van der Waals surface area contributed by atoms with Crippen LogP contribution in [0.1, 0.15) is 6.92 Å². The van der Waals surface area contributed by atoms with Gasteiger partial charge in [-0.05, 0) is 67.6 Å². The van der Waals surface area contributed by atoms with E-state index in [1.807, 2.05) is 0 Å². The Hall–Kier alpha value is -3.92. The predicted octanol–water partition coefficient (Wildman–Crippen LogP) is 3.92. The van der Waals surface area contributed by atoms with Gasteiger partial charge in [-0.25, -0.2) is 8.42 Å². The van der Waals surface area contributed by atoms with Crippen molar-refractivity contribution in [2.75, 3.05) is 31.4 Å². The van der Waals surface area contributed by atoms with E-state index in [0.717, 1.165) is 0 Å². The van der Waals surface area contributed by atoms with E-state index in [1.165, 1.54) is 44.6 Å². The highest BCUT2D eigenvalue weighted by Gasteiger charge is 2.19. The zero-order valence-corrected chi connectivity index (χ0v) is 20.0. The minimum atomic E-state index is -3.91. The van der Waals surface area contributed by atoms with E-state index < -0.39 is 16.1 Å². The van der Waals surface area contributed by atoms with E-state index in [2.05, 4.69) is 10.0 Å². The standard InChI is InChI=1S/C24H26N2O7S/c1-16(33-19-9-7-18(30-2)8-10-19)24(27)25-17-5-12-21(13-6-17)34(28,29)26-22-15-20(31-3)11-14-23(22)32-4/h5-16,26H,1-4H3,(H,25,27)/t16-/m0/s1. The Balaban J connectivity index is 1.66. The molecule has 0 bridgehead atoms. The predicted molar refractivity (Wildman–Crippen MR) is 129 cm³/mol. The van der Waals surface area contributed by atoms with Crippen molar-refractivity contribution in [1.82, 2.24) is 0 Å². The van der Waals surface area contributed by atoms with Gasteiger partial charge >= 0.3 is 0 Å². The number of hydrogen-bond acceptors (Lipinski definition) is 7. The Morgan fingerprint density at radius 2 is 1.38 bits per heavy atom. The summed E-state index contributed by atoms with van der Waals surface area (Å²) in [5.74, 6) is 1.63. The molecule has 0 unspecified atom stereocenters. The number of ether oxygens (including phenoxy) is 4. The molecule has 0 heterocycles. The van der Waals surface area contributed by atoms with Gasteiger partial charge in [-0.15, -0.1) is 0 Å². The van der Waals surface area contributed by atoms with Crippen LogP contribution in [0.3, 0.4) is 0 Å². The number of amides is 1. The van der Waals surface area contributed by atoms with E-state index in [4.69, 9.17) is 18.9 Å². The lowest BCUT2D eigenvalue weighted by Gasteiger charge is -2.15. The van der Waals surface area contributed by atoms with Crippen molar-refractivity contribution >= 4 is 27.3 Å². The van der Waals surface area contributed by atoms with Crippen molar-refractivity contribution in [3.8, 4) is 23.0 Å². The smallest absolute Gasteiger partial charge is 0.265 e. The average molecular weight is 487 g/mol. The average Bonchev–Trinajstić information content (AvgIpc) is 2.84. The van der Waals surface area contributed by atoms with Gasteiger partial charge in [0, 0.05) is 11.8 Å². The molecule has 3 aromatic carbocycles. The number of carbonyl (C=O) groups excluding carboxylic acids is 1. The quantitative estimate of drug-likeness (QED) is 0.447. The lowest BCUT2D eigenvalue weighted by atomic mass is 10.3. The molecule has 9 nitrogen and oxygen atoms in total. The van der Waals surface area contributed by atoms with Gasteiger partial charge in [-0.2, -0.15) is 0 Å². The molecule has 0 aromatic heterocycles. The van der Waals surface area contributed by atoms with Crippen LogP contribution < -0.4 is 29.0 Å². The second-order valence-corrected chi connectivity index (χ2v) is 8.80. The normalized spacial score (nSPS) is 11.8. The van der Waals surface area contributed by atoms with Crippen molar-refractivity contribution in [1.29, 1.82) is 0 Å². The zero-order chi connectivity index (χ0) is 24.7. The Kier molecular flexibility index (Phi) is 7.85. The largest absolute Gasteiger partial charge is 0.497 e. The number of sulfonamides is 1. The minimum absolute atomic E-state index is 0.0119. The second-order valence-electron chi connectivity index (χ2n) is 7.12. The SMILES string of the molecule is COc1ccc(O[C@@H](C)C(=O)Nc2ccc(S(=O)(=O)Nc3cc(OC)ccc3OC)cc2)cc1. The molecule has 1 amide bonds. The van der Waals surface area contributed by atoms with Crippen molar-refractivity contribution in [2.24, 2.45) is 0 Å². The third-order valence-corrected chi connectivity index (χ3v) is 6.21. The maximum atomic E-state index is 12.8. The van der Waals surface area contributed by atoms with E-state index in [1.54, 1.807) is 50.4 Å². The first-order valence-electron chi connectivity index (χ1n) is 10.2. The van der Waals surface area contributed by atoms with Crippen molar-refractivity contribution in [2.45, 2.75) is 17.9 Å². The molecular formula is C24H26N2O7S. The molecule has 0 saturated carbocycles. The topological polar surface area (TPSA) is 112 Å². The summed E-state index contributed by atoms with van der Waals surface area (Å²) in [6.07, 6.45) is -0.779. The molecule has 34 heavy (non-hydrogen) atoms. The molecule has 3 aromatic rings. The van der Waals surface area contributed by atoms with E-state index >= 15 is 0 Å². The molecule has 0 saturated heterocycles. The van der Waals surface area contributed by atoms with E-state index in [-0.39, 0.29) is 16.5 Å². The Bertz CT molecular complexity index is 1230. The van der Waals surface area contributed by atoms with Gasteiger partial charge < -0.3 is 24.3 Å². The van der Waals surface area contributed by atoms with Crippen molar-refractivity contribution < 1.29 is 32.2 Å². The molecule has 0 aliphatic rings. The van der Waals surface area contributed by atoms with Crippen LogP contribution in [0.4, 0.5) is 11.4 Å². The molecule has 1 atom stereocenters. The van der Waals surface area contributed by atoms with Gasteiger partial charge in [0.1, 0.15) is 23.0 Å². The summed E-state index contributed by atoms with van der Waals surface area (Å²) in [4.78, 5) is 12.5.